The molecule has 3 aromatic rings. The number of nitriles is 1. The van der Waals surface area contributed by atoms with E-state index >= 15 is 0 Å². The minimum atomic E-state index is -0.965. The van der Waals surface area contributed by atoms with Gasteiger partial charge in [-0.3, -0.25) is 14.5 Å². The highest BCUT2D eigenvalue weighted by Gasteiger charge is 2.48. The smallest absolute Gasteiger partial charge is 0.300 e. The Morgan fingerprint density at radius 1 is 1.16 bits per heavy atom. The zero-order valence-electron chi connectivity index (χ0n) is 17.5. The number of Topliss-reactive ketones (excluding diaryl/α,β-unsaturated/α-hetero) is 1. The maximum absolute atomic E-state index is 13.1. The average molecular weight is 428 g/mol. The van der Waals surface area contributed by atoms with E-state index in [1.165, 1.54) is 4.90 Å². The minimum absolute atomic E-state index is 0.0811. The molecule has 0 spiro atoms. The van der Waals surface area contributed by atoms with Crippen LogP contribution in [-0.4, -0.2) is 23.4 Å². The third-order valence-corrected chi connectivity index (χ3v) is 5.17. The molecule has 1 fully saturated rings. The normalized spacial score (nSPS) is 17.4. The number of aliphatic hydroxyl groups is 1. The summed E-state index contributed by atoms with van der Waals surface area (Å²) < 4.78 is 11.3. The van der Waals surface area contributed by atoms with E-state index in [1.54, 1.807) is 67.6 Å². The molecule has 0 bridgehead atoms. The fourth-order valence-electron chi connectivity index (χ4n) is 3.72. The Hall–Kier alpha value is -4.31. The molecule has 0 aliphatic carbocycles. The number of ketones is 1. The van der Waals surface area contributed by atoms with E-state index < -0.39 is 17.7 Å². The van der Waals surface area contributed by atoms with E-state index in [2.05, 4.69) is 0 Å². The summed E-state index contributed by atoms with van der Waals surface area (Å²) in [5.74, 6) is -0.468. The minimum Gasteiger partial charge on any atom is -0.507 e. The van der Waals surface area contributed by atoms with Crippen molar-refractivity contribution in [2.45, 2.75) is 19.9 Å². The third kappa shape index (κ3) is 3.63. The number of amides is 1. The fraction of sp³-hybridized carbons (Fsp3) is 0.160. The number of ether oxygens (including phenoxy) is 1. The van der Waals surface area contributed by atoms with Gasteiger partial charge in [0, 0.05) is 11.3 Å². The Labute approximate surface area is 184 Å². The molecule has 1 saturated heterocycles. The van der Waals surface area contributed by atoms with Crippen LogP contribution in [0.3, 0.4) is 0 Å². The molecule has 1 aromatic heterocycles. The van der Waals surface area contributed by atoms with Gasteiger partial charge in [0.1, 0.15) is 29.1 Å². The van der Waals surface area contributed by atoms with Gasteiger partial charge in [-0.25, -0.2) is 0 Å². The molecule has 2 aromatic carbocycles. The summed E-state index contributed by atoms with van der Waals surface area (Å²) in [6.45, 7) is 4.04. The lowest BCUT2D eigenvalue weighted by Gasteiger charge is -2.23. The van der Waals surface area contributed by atoms with Crippen molar-refractivity contribution >= 4 is 23.1 Å². The highest BCUT2D eigenvalue weighted by molar-refractivity contribution is 6.51. The number of hydrogen-bond acceptors (Lipinski definition) is 6. The number of aryl methyl sites for hydroxylation is 1. The fourth-order valence-corrected chi connectivity index (χ4v) is 3.72. The predicted molar refractivity (Wildman–Crippen MR) is 117 cm³/mol. The van der Waals surface area contributed by atoms with Crippen LogP contribution in [0.15, 0.2) is 70.7 Å². The van der Waals surface area contributed by atoms with E-state index in [-0.39, 0.29) is 11.3 Å². The first-order valence-corrected chi connectivity index (χ1v) is 10.0. The number of carbonyl (C=O) groups is 2. The topological polar surface area (TPSA) is 104 Å². The molecule has 4 rings (SSSR count). The van der Waals surface area contributed by atoms with Crippen LogP contribution in [0.25, 0.3) is 5.76 Å². The quantitative estimate of drug-likeness (QED) is 0.365. The average Bonchev–Trinajstić information content (AvgIpc) is 3.34. The van der Waals surface area contributed by atoms with E-state index in [1.807, 2.05) is 13.0 Å². The molecule has 0 radical (unpaired) electrons. The standard InChI is InChI=1S/C25H20N2O5/c1-3-31-19-6-4-5-17(13-19)23(28)21-22(20-12-7-15(2)32-20)27(25(30)24(21)29)18-10-8-16(14-26)9-11-18/h4-13,22,28H,3H2,1-2H3/b23-21-. The molecule has 0 saturated carbocycles. The number of anilines is 1. The van der Waals surface area contributed by atoms with Gasteiger partial charge in [0.15, 0.2) is 0 Å². The summed E-state index contributed by atoms with van der Waals surface area (Å²) in [4.78, 5) is 27.4. The Balaban J connectivity index is 1.89. The summed E-state index contributed by atoms with van der Waals surface area (Å²) >= 11 is 0. The lowest BCUT2D eigenvalue weighted by Crippen LogP contribution is -2.29. The lowest BCUT2D eigenvalue weighted by atomic mass is 9.99. The van der Waals surface area contributed by atoms with Crippen LogP contribution < -0.4 is 9.64 Å². The number of hydrogen-bond donors (Lipinski definition) is 1. The molecular formula is C25H20N2O5. The first kappa shape index (κ1) is 20.9. The molecule has 7 heteroatoms. The monoisotopic (exact) mass is 428 g/mol. The lowest BCUT2D eigenvalue weighted by molar-refractivity contribution is -0.132. The van der Waals surface area contributed by atoms with Gasteiger partial charge < -0.3 is 14.3 Å². The number of benzene rings is 2. The Bertz CT molecular complexity index is 1260. The van der Waals surface area contributed by atoms with Gasteiger partial charge in [0.25, 0.3) is 11.7 Å². The van der Waals surface area contributed by atoms with Crippen LogP contribution in [0.4, 0.5) is 5.69 Å². The van der Waals surface area contributed by atoms with Crippen molar-refractivity contribution in [3.05, 3.63) is 88.9 Å². The Morgan fingerprint density at radius 3 is 2.53 bits per heavy atom. The molecule has 1 aliphatic heterocycles. The van der Waals surface area contributed by atoms with Crippen molar-refractivity contribution in [1.29, 1.82) is 5.26 Å². The molecule has 1 N–H and O–H groups in total. The molecule has 1 unspecified atom stereocenters. The molecule has 7 nitrogen and oxygen atoms in total. The van der Waals surface area contributed by atoms with Crippen LogP contribution in [0.1, 0.15) is 35.6 Å². The summed E-state index contributed by atoms with van der Waals surface area (Å²) in [6.07, 6.45) is 0. The summed E-state index contributed by atoms with van der Waals surface area (Å²) in [5, 5.41) is 20.2. The van der Waals surface area contributed by atoms with Crippen LogP contribution in [0.2, 0.25) is 0 Å². The second-order valence-corrected chi connectivity index (χ2v) is 7.24. The van der Waals surface area contributed by atoms with Gasteiger partial charge in [-0.1, -0.05) is 12.1 Å². The summed E-state index contributed by atoms with van der Waals surface area (Å²) in [5.41, 5.74) is 1.10. The number of furan rings is 1. The molecule has 2 heterocycles. The van der Waals surface area contributed by atoms with Gasteiger partial charge in [0.05, 0.1) is 23.8 Å². The maximum Gasteiger partial charge on any atom is 0.300 e. The highest BCUT2D eigenvalue weighted by atomic mass is 16.5. The maximum atomic E-state index is 13.1. The van der Waals surface area contributed by atoms with Crippen molar-refractivity contribution in [3.63, 3.8) is 0 Å². The highest BCUT2D eigenvalue weighted by Crippen LogP contribution is 2.42. The number of nitrogens with zero attached hydrogens (tertiary/aromatic N) is 2. The summed E-state index contributed by atoms with van der Waals surface area (Å²) in [7, 11) is 0. The molecule has 1 amide bonds. The SMILES string of the molecule is CCOc1cccc(/C(O)=C2/C(=O)C(=O)N(c3ccc(C#N)cc3)C2c2ccc(C)o2)c1. The molecule has 160 valence electrons. The molecule has 1 atom stereocenters. The van der Waals surface area contributed by atoms with Gasteiger partial charge >= 0.3 is 0 Å². The van der Waals surface area contributed by atoms with E-state index in [0.29, 0.717) is 40.7 Å². The van der Waals surface area contributed by atoms with E-state index in [4.69, 9.17) is 14.4 Å². The van der Waals surface area contributed by atoms with E-state index in [9.17, 15) is 14.7 Å². The van der Waals surface area contributed by atoms with Gasteiger partial charge in [-0.2, -0.15) is 5.26 Å². The van der Waals surface area contributed by atoms with Crippen molar-refractivity contribution in [1.82, 2.24) is 0 Å². The van der Waals surface area contributed by atoms with Gasteiger partial charge in [-0.15, -0.1) is 0 Å². The molecular weight excluding hydrogens is 408 g/mol. The van der Waals surface area contributed by atoms with Crippen LogP contribution in [0, 0.1) is 18.3 Å². The van der Waals surface area contributed by atoms with Crippen LogP contribution in [0.5, 0.6) is 5.75 Å². The van der Waals surface area contributed by atoms with E-state index in [0.717, 1.165) is 0 Å². The van der Waals surface area contributed by atoms with Crippen LogP contribution >= 0.6 is 0 Å². The second kappa shape index (κ2) is 8.44. The molecule has 1 aliphatic rings. The van der Waals surface area contributed by atoms with Crippen molar-refractivity contribution in [2.75, 3.05) is 11.5 Å². The van der Waals surface area contributed by atoms with Gasteiger partial charge in [0.2, 0.25) is 0 Å². The van der Waals surface area contributed by atoms with Crippen molar-refractivity contribution in [3.8, 4) is 11.8 Å². The first-order chi connectivity index (χ1) is 15.4. The van der Waals surface area contributed by atoms with Crippen molar-refractivity contribution in [2.24, 2.45) is 0 Å². The van der Waals surface area contributed by atoms with Crippen molar-refractivity contribution < 1.29 is 23.8 Å². The zero-order valence-corrected chi connectivity index (χ0v) is 17.5. The number of rotatable bonds is 5. The number of carbonyl (C=O) groups excluding carboxylic acids is 2. The first-order valence-electron chi connectivity index (χ1n) is 10.0. The zero-order chi connectivity index (χ0) is 22.8. The Kier molecular flexibility index (Phi) is 5.52. The largest absolute Gasteiger partial charge is 0.507 e. The number of aliphatic hydroxyl groups excluding tert-OH is 1. The molecule has 32 heavy (non-hydrogen) atoms. The second-order valence-electron chi connectivity index (χ2n) is 7.24. The predicted octanol–water partition coefficient (Wildman–Crippen LogP) is 4.48. The van der Waals surface area contributed by atoms with Gasteiger partial charge in [-0.05, 0) is 62.4 Å². The third-order valence-electron chi connectivity index (χ3n) is 5.17. The Morgan fingerprint density at radius 2 is 1.91 bits per heavy atom. The van der Waals surface area contributed by atoms with Crippen LogP contribution in [-0.2, 0) is 9.59 Å². The summed E-state index contributed by atoms with van der Waals surface area (Å²) in [6, 6.07) is 17.4.